The Labute approximate surface area is 144 Å². The van der Waals surface area contributed by atoms with Gasteiger partial charge in [-0.1, -0.05) is 29.8 Å². The van der Waals surface area contributed by atoms with Crippen LogP contribution < -0.4 is 10.1 Å². The Hall–Kier alpha value is -0.780. The largest absolute Gasteiger partial charge is 0.487 e. The van der Waals surface area contributed by atoms with E-state index in [1.807, 2.05) is 12.1 Å². The van der Waals surface area contributed by atoms with Gasteiger partial charge in [-0.2, -0.15) is 0 Å². The number of hydrogen-bond donors (Lipinski definition) is 1. The maximum absolute atomic E-state index is 6.30. The highest BCUT2D eigenvalue weighted by Crippen LogP contribution is 2.27. The van der Waals surface area contributed by atoms with Gasteiger partial charge in [0, 0.05) is 16.2 Å². The molecule has 1 N–H and O–H groups in total. The normalized spacial score (nSPS) is 14.2. The molecule has 0 atom stereocenters. The van der Waals surface area contributed by atoms with Gasteiger partial charge < -0.3 is 10.1 Å². The Morgan fingerprint density at radius 1 is 1.10 bits per heavy atom. The van der Waals surface area contributed by atoms with Gasteiger partial charge in [-0.25, -0.2) is 0 Å². The molecule has 2 aromatic rings. The number of rotatable bonds is 6. The molecule has 0 heterocycles. The Kier molecular flexibility index (Phi) is 5.03. The fourth-order valence-corrected chi connectivity index (χ4v) is 2.68. The van der Waals surface area contributed by atoms with E-state index in [9.17, 15) is 0 Å². The molecule has 0 spiro atoms. The van der Waals surface area contributed by atoms with E-state index in [2.05, 4.69) is 58.2 Å². The van der Waals surface area contributed by atoms with Crippen LogP contribution in [0.3, 0.4) is 0 Å². The van der Waals surface area contributed by atoms with E-state index in [4.69, 9.17) is 16.3 Å². The van der Waals surface area contributed by atoms with Crippen LogP contribution in [-0.2, 0) is 13.2 Å². The topological polar surface area (TPSA) is 21.3 Å². The molecule has 0 unspecified atom stereocenters. The zero-order valence-electron chi connectivity index (χ0n) is 11.6. The molecule has 110 valence electrons. The first-order valence-electron chi connectivity index (χ1n) is 7.10. The lowest BCUT2D eigenvalue weighted by molar-refractivity contribution is 0.306. The summed E-state index contributed by atoms with van der Waals surface area (Å²) in [5, 5.41) is 4.16. The van der Waals surface area contributed by atoms with Crippen molar-refractivity contribution < 1.29 is 4.74 Å². The Morgan fingerprint density at radius 2 is 1.81 bits per heavy atom. The Bertz CT molecular complexity index is 611. The highest BCUT2D eigenvalue weighted by Gasteiger charge is 2.20. The summed E-state index contributed by atoms with van der Waals surface area (Å²) in [7, 11) is 0. The van der Waals surface area contributed by atoms with Gasteiger partial charge in [0.05, 0.1) is 5.02 Å². The number of halogens is 2. The minimum Gasteiger partial charge on any atom is -0.487 e. The van der Waals surface area contributed by atoms with Crippen LogP contribution in [0.2, 0.25) is 5.02 Å². The van der Waals surface area contributed by atoms with Gasteiger partial charge in [-0.3, -0.25) is 0 Å². The molecule has 1 aliphatic carbocycles. The molecule has 0 bridgehead atoms. The van der Waals surface area contributed by atoms with E-state index in [1.165, 1.54) is 22.0 Å². The molecule has 0 amide bonds. The molecule has 2 nitrogen and oxygen atoms in total. The maximum atomic E-state index is 6.30. The van der Waals surface area contributed by atoms with Crippen LogP contribution >= 0.6 is 34.2 Å². The quantitative estimate of drug-likeness (QED) is 0.689. The second-order valence-corrected chi connectivity index (χ2v) is 6.99. The van der Waals surface area contributed by atoms with Crippen molar-refractivity contribution in [3.05, 3.63) is 62.2 Å². The van der Waals surface area contributed by atoms with Crippen LogP contribution in [0.25, 0.3) is 0 Å². The van der Waals surface area contributed by atoms with Crippen molar-refractivity contribution in [3.8, 4) is 5.75 Å². The van der Waals surface area contributed by atoms with Crippen molar-refractivity contribution in [2.45, 2.75) is 32.0 Å². The SMILES string of the molecule is Clc1cc(CNC2CC2)ccc1OCc1ccc(I)cc1. The highest BCUT2D eigenvalue weighted by atomic mass is 127. The van der Waals surface area contributed by atoms with Crippen LogP contribution in [-0.4, -0.2) is 6.04 Å². The summed E-state index contributed by atoms with van der Waals surface area (Å²) in [6.07, 6.45) is 2.59. The van der Waals surface area contributed by atoms with Crippen LogP contribution in [0.5, 0.6) is 5.75 Å². The number of hydrogen-bond acceptors (Lipinski definition) is 2. The molecule has 0 aliphatic heterocycles. The number of ether oxygens (including phenoxy) is 1. The smallest absolute Gasteiger partial charge is 0.138 e. The van der Waals surface area contributed by atoms with E-state index >= 15 is 0 Å². The van der Waals surface area contributed by atoms with Gasteiger partial charge in [0.25, 0.3) is 0 Å². The molecular weight excluding hydrogens is 397 g/mol. The molecule has 0 aromatic heterocycles. The van der Waals surface area contributed by atoms with E-state index in [-0.39, 0.29) is 0 Å². The molecule has 2 aromatic carbocycles. The summed E-state index contributed by atoms with van der Waals surface area (Å²) in [6, 6.07) is 15.0. The lowest BCUT2D eigenvalue weighted by Crippen LogP contribution is -2.15. The van der Waals surface area contributed by atoms with Crippen LogP contribution in [0, 0.1) is 3.57 Å². The van der Waals surface area contributed by atoms with Crippen molar-refractivity contribution in [1.82, 2.24) is 5.32 Å². The summed E-state index contributed by atoms with van der Waals surface area (Å²) >= 11 is 8.59. The first-order chi connectivity index (χ1) is 10.2. The third-order valence-corrected chi connectivity index (χ3v) is 4.49. The van der Waals surface area contributed by atoms with E-state index in [1.54, 1.807) is 0 Å². The molecule has 1 fully saturated rings. The third-order valence-electron chi connectivity index (χ3n) is 3.48. The van der Waals surface area contributed by atoms with E-state index < -0.39 is 0 Å². The van der Waals surface area contributed by atoms with E-state index in [0.717, 1.165) is 17.9 Å². The first kappa shape index (κ1) is 15.1. The summed E-state index contributed by atoms with van der Waals surface area (Å²) < 4.78 is 7.02. The zero-order chi connectivity index (χ0) is 14.7. The predicted octanol–water partition coefficient (Wildman–Crippen LogP) is 4.78. The fraction of sp³-hybridized carbons (Fsp3) is 0.294. The third kappa shape index (κ3) is 4.59. The molecule has 4 heteroatoms. The second-order valence-electron chi connectivity index (χ2n) is 5.34. The molecular formula is C17H17ClINO. The Morgan fingerprint density at radius 3 is 2.48 bits per heavy atom. The van der Waals surface area contributed by atoms with Gasteiger partial charge >= 0.3 is 0 Å². The van der Waals surface area contributed by atoms with Crippen molar-refractivity contribution in [2.24, 2.45) is 0 Å². The van der Waals surface area contributed by atoms with Crippen LogP contribution in [0.4, 0.5) is 0 Å². The summed E-state index contributed by atoms with van der Waals surface area (Å²) in [4.78, 5) is 0. The minimum absolute atomic E-state index is 0.538. The molecule has 1 saturated carbocycles. The summed E-state index contributed by atoms with van der Waals surface area (Å²) in [6.45, 7) is 1.41. The van der Waals surface area contributed by atoms with E-state index in [0.29, 0.717) is 17.7 Å². The Balaban J connectivity index is 1.58. The standard InChI is InChI=1S/C17H17ClINO/c18-16-9-13(10-20-15-6-7-15)3-8-17(16)21-11-12-1-4-14(19)5-2-12/h1-5,8-9,15,20H,6-7,10-11H2. The van der Waals surface area contributed by atoms with Crippen molar-refractivity contribution >= 4 is 34.2 Å². The first-order valence-corrected chi connectivity index (χ1v) is 8.55. The van der Waals surface area contributed by atoms with Gasteiger partial charge in [0.15, 0.2) is 0 Å². The molecule has 3 rings (SSSR count). The highest BCUT2D eigenvalue weighted by molar-refractivity contribution is 14.1. The average Bonchev–Trinajstić information content (AvgIpc) is 3.30. The second kappa shape index (κ2) is 6.99. The number of nitrogens with one attached hydrogen (secondary N) is 1. The van der Waals surface area contributed by atoms with Gasteiger partial charge in [-0.15, -0.1) is 0 Å². The van der Waals surface area contributed by atoms with Crippen molar-refractivity contribution in [2.75, 3.05) is 0 Å². The lowest BCUT2D eigenvalue weighted by Gasteiger charge is -2.10. The summed E-state index contributed by atoms with van der Waals surface area (Å²) in [5.41, 5.74) is 2.35. The van der Waals surface area contributed by atoms with Gasteiger partial charge in [0.2, 0.25) is 0 Å². The molecule has 21 heavy (non-hydrogen) atoms. The van der Waals surface area contributed by atoms with Gasteiger partial charge in [-0.05, 0) is 70.8 Å². The average molecular weight is 414 g/mol. The van der Waals surface area contributed by atoms with Crippen LogP contribution in [0.1, 0.15) is 24.0 Å². The monoisotopic (exact) mass is 413 g/mol. The molecule has 0 radical (unpaired) electrons. The predicted molar refractivity (Wildman–Crippen MR) is 94.8 cm³/mol. The van der Waals surface area contributed by atoms with Crippen molar-refractivity contribution in [3.63, 3.8) is 0 Å². The molecule has 1 aliphatic rings. The minimum atomic E-state index is 0.538. The zero-order valence-corrected chi connectivity index (χ0v) is 14.5. The molecule has 0 saturated heterocycles. The lowest BCUT2D eigenvalue weighted by atomic mass is 10.2. The summed E-state index contributed by atoms with van der Waals surface area (Å²) in [5.74, 6) is 0.741. The number of benzene rings is 2. The van der Waals surface area contributed by atoms with Gasteiger partial charge in [0.1, 0.15) is 12.4 Å². The van der Waals surface area contributed by atoms with Crippen molar-refractivity contribution in [1.29, 1.82) is 0 Å². The fourth-order valence-electron chi connectivity index (χ4n) is 2.06. The van der Waals surface area contributed by atoms with Crippen LogP contribution in [0.15, 0.2) is 42.5 Å². The maximum Gasteiger partial charge on any atom is 0.138 e.